The molecular formula is C18H25N3O. The van der Waals surface area contributed by atoms with Crippen LogP contribution in [0.3, 0.4) is 0 Å². The number of fused-ring (bicyclic) bond motifs is 1. The number of para-hydroxylation sites is 1. The Kier molecular flexibility index (Phi) is 6.81. The Labute approximate surface area is 132 Å². The number of carbonyl (C=O) groups excluding carboxylic acids is 1. The Morgan fingerprint density at radius 3 is 2.50 bits per heavy atom. The van der Waals surface area contributed by atoms with Crippen molar-refractivity contribution in [3.63, 3.8) is 0 Å². The van der Waals surface area contributed by atoms with Crippen LogP contribution in [0.4, 0.5) is 0 Å². The van der Waals surface area contributed by atoms with Gasteiger partial charge in [-0.3, -0.25) is 4.79 Å². The number of hydrogen-bond acceptors (Lipinski definition) is 3. The summed E-state index contributed by atoms with van der Waals surface area (Å²) in [4.78, 5) is 12.2. The van der Waals surface area contributed by atoms with Crippen molar-refractivity contribution in [3.8, 4) is 0 Å². The van der Waals surface area contributed by atoms with Crippen molar-refractivity contribution >= 4 is 16.9 Å². The van der Waals surface area contributed by atoms with Crippen LogP contribution < -0.4 is 0 Å². The van der Waals surface area contributed by atoms with Crippen molar-refractivity contribution in [2.45, 2.75) is 57.8 Å². The Morgan fingerprint density at radius 1 is 1.05 bits per heavy atom. The van der Waals surface area contributed by atoms with Crippen LogP contribution in [0.1, 0.15) is 62.6 Å². The van der Waals surface area contributed by atoms with Gasteiger partial charge in [0.15, 0.2) is 0 Å². The molecule has 0 aliphatic carbocycles. The fourth-order valence-corrected chi connectivity index (χ4v) is 2.61. The molecule has 0 bridgehead atoms. The van der Waals surface area contributed by atoms with Crippen molar-refractivity contribution in [1.82, 2.24) is 15.0 Å². The van der Waals surface area contributed by atoms with Crippen molar-refractivity contribution in [2.24, 2.45) is 0 Å². The van der Waals surface area contributed by atoms with Crippen LogP contribution in [0.15, 0.2) is 36.9 Å². The molecule has 118 valence electrons. The standard InChI is InChI=1S/C18H25N3O/c1-2-3-4-5-6-7-8-9-10-15-18(22)21-17-14-12-11-13-16(17)19-20-21/h2,11-14H,1,3-10,15H2. The van der Waals surface area contributed by atoms with Gasteiger partial charge in [0, 0.05) is 6.42 Å². The van der Waals surface area contributed by atoms with E-state index in [9.17, 15) is 4.79 Å². The quantitative estimate of drug-likeness (QED) is 0.469. The molecule has 0 radical (unpaired) electrons. The lowest BCUT2D eigenvalue weighted by molar-refractivity contribution is 0.0886. The topological polar surface area (TPSA) is 47.8 Å². The molecule has 4 heteroatoms. The lowest BCUT2D eigenvalue weighted by Crippen LogP contribution is -2.12. The van der Waals surface area contributed by atoms with E-state index in [1.165, 1.54) is 36.8 Å². The van der Waals surface area contributed by atoms with Gasteiger partial charge in [-0.25, -0.2) is 0 Å². The Bertz CT molecular complexity index is 603. The van der Waals surface area contributed by atoms with Crippen molar-refractivity contribution < 1.29 is 4.79 Å². The van der Waals surface area contributed by atoms with Crippen molar-refractivity contribution in [3.05, 3.63) is 36.9 Å². The van der Waals surface area contributed by atoms with Crippen LogP contribution in [0, 0.1) is 0 Å². The third-order valence-corrected chi connectivity index (χ3v) is 3.89. The van der Waals surface area contributed by atoms with Gasteiger partial charge in [-0.15, -0.1) is 11.7 Å². The second-order valence-corrected chi connectivity index (χ2v) is 5.69. The van der Waals surface area contributed by atoms with Gasteiger partial charge in [-0.2, -0.15) is 4.68 Å². The van der Waals surface area contributed by atoms with Gasteiger partial charge in [0.1, 0.15) is 5.52 Å². The number of aromatic nitrogens is 3. The zero-order chi connectivity index (χ0) is 15.6. The van der Waals surface area contributed by atoms with Crippen LogP contribution >= 0.6 is 0 Å². The van der Waals surface area contributed by atoms with E-state index in [1.54, 1.807) is 0 Å². The lowest BCUT2D eigenvalue weighted by Gasteiger charge is -2.02. The molecule has 0 saturated heterocycles. The lowest BCUT2D eigenvalue weighted by atomic mass is 10.1. The summed E-state index contributed by atoms with van der Waals surface area (Å²) in [5, 5.41) is 7.98. The number of allylic oxidation sites excluding steroid dienone is 1. The third-order valence-electron chi connectivity index (χ3n) is 3.89. The Morgan fingerprint density at radius 2 is 1.73 bits per heavy atom. The van der Waals surface area contributed by atoms with Crippen molar-refractivity contribution in [2.75, 3.05) is 0 Å². The predicted molar refractivity (Wildman–Crippen MR) is 89.9 cm³/mol. The highest BCUT2D eigenvalue weighted by Crippen LogP contribution is 2.13. The molecule has 0 N–H and O–H groups in total. The van der Waals surface area contributed by atoms with Crippen LogP contribution in [0.5, 0.6) is 0 Å². The van der Waals surface area contributed by atoms with Gasteiger partial charge in [-0.1, -0.05) is 55.5 Å². The van der Waals surface area contributed by atoms with E-state index in [0.29, 0.717) is 6.42 Å². The first-order valence-corrected chi connectivity index (χ1v) is 8.27. The minimum atomic E-state index is 0.0414. The fourth-order valence-electron chi connectivity index (χ4n) is 2.61. The van der Waals surface area contributed by atoms with Crippen LogP contribution in [-0.2, 0) is 0 Å². The molecule has 0 spiro atoms. The average molecular weight is 299 g/mol. The van der Waals surface area contributed by atoms with E-state index in [-0.39, 0.29) is 5.91 Å². The van der Waals surface area contributed by atoms with Crippen LogP contribution in [-0.4, -0.2) is 20.9 Å². The SMILES string of the molecule is C=CCCCCCCCCCC(=O)n1nnc2ccccc21. The normalized spacial score (nSPS) is 10.9. The van der Waals surface area contributed by atoms with E-state index in [4.69, 9.17) is 0 Å². The van der Waals surface area contributed by atoms with E-state index in [0.717, 1.165) is 30.3 Å². The summed E-state index contributed by atoms with van der Waals surface area (Å²) < 4.78 is 1.44. The summed E-state index contributed by atoms with van der Waals surface area (Å²) in [6.07, 6.45) is 12.0. The highest BCUT2D eigenvalue weighted by molar-refractivity contribution is 5.88. The molecule has 2 aromatic rings. The molecule has 4 nitrogen and oxygen atoms in total. The van der Waals surface area contributed by atoms with Crippen LogP contribution in [0.2, 0.25) is 0 Å². The van der Waals surface area contributed by atoms with E-state index < -0.39 is 0 Å². The summed E-state index contributed by atoms with van der Waals surface area (Å²) in [5.74, 6) is 0.0414. The number of nitrogens with zero attached hydrogens (tertiary/aromatic N) is 3. The summed E-state index contributed by atoms with van der Waals surface area (Å²) in [6.45, 7) is 3.73. The zero-order valence-electron chi connectivity index (χ0n) is 13.2. The molecule has 1 aromatic carbocycles. The molecule has 0 fully saturated rings. The minimum Gasteiger partial charge on any atom is -0.273 e. The average Bonchev–Trinajstić information content (AvgIpc) is 2.97. The summed E-state index contributed by atoms with van der Waals surface area (Å²) in [5.41, 5.74) is 1.57. The maximum atomic E-state index is 12.2. The number of rotatable bonds is 10. The Hall–Kier alpha value is -1.97. The fraction of sp³-hybridized carbons (Fsp3) is 0.500. The molecule has 0 aliphatic rings. The number of benzene rings is 1. The van der Waals surface area contributed by atoms with Gasteiger partial charge in [0.05, 0.1) is 5.52 Å². The van der Waals surface area contributed by atoms with Gasteiger partial charge >= 0.3 is 0 Å². The molecule has 2 rings (SSSR count). The first kappa shape index (κ1) is 16.4. The van der Waals surface area contributed by atoms with Gasteiger partial charge < -0.3 is 0 Å². The smallest absolute Gasteiger partial charge is 0.248 e. The molecule has 0 saturated carbocycles. The highest BCUT2D eigenvalue weighted by Gasteiger charge is 2.10. The predicted octanol–water partition coefficient (Wildman–Crippen LogP) is 4.77. The molecule has 0 atom stereocenters. The number of carbonyl (C=O) groups is 1. The van der Waals surface area contributed by atoms with Gasteiger partial charge in [0.2, 0.25) is 5.91 Å². The zero-order valence-corrected chi connectivity index (χ0v) is 13.2. The molecule has 1 heterocycles. The molecule has 0 unspecified atom stereocenters. The minimum absolute atomic E-state index is 0.0414. The largest absolute Gasteiger partial charge is 0.273 e. The molecular weight excluding hydrogens is 274 g/mol. The third kappa shape index (κ3) is 4.79. The Balaban J connectivity index is 1.63. The maximum absolute atomic E-state index is 12.2. The summed E-state index contributed by atoms with van der Waals surface area (Å²) in [7, 11) is 0. The molecule has 0 aliphatic heterocycles. The molecule has 22 heavy (non-hydrogen) atoms. The molecule has 0 amide bonds. The second kappa shape index (κ2) is 9.13. The van der Waals surface area contributed by atoms with E-state index in [1.807, 2.05) is 30.3 Å². The summed E-state index contributed by atoms with van der Waals surface area (Å²) in [6, 6.07) is 7.57. The summed E-state index contributed by atoms with van der Waals surface area (Å²) >= 11 is 0. The van der Waals surface area contributed by atoms with Crippen LogP contribution in [0.25, 0.3) is 11.0 Å². The van der Waals surface area contributed by atoms with Gasteiger partial charge in [-0.05, 0) is 31.4 Å². The highest BCUT2D eigenvalue weighted by atomic mass is 16.2. The maximum Gasteiger partial charge on any atom is 0.248 e. The van der Waals surface area contributed by atoms with E-state index >= 15 is 0 Å². The monoisotopic (exact) mass is 299 g/mol. The second-order valence-electron chi connectivity index (χ2n) is 5.69. The number of unbranched alkanes of at least 4 members (excludes halogenated alkanes) is 7. The first-order valence-electron chi connectivity index (χ1n) is 8.27. The van der Waals surface area contributed by atoms with Crippen molar-refractivity contribution in [1.29, 1.82) is 0 Å². The van der Waals surface area contributed by atoms with Gasteiger partial charge in [0.25, 0.3) is 0 Å². The van der Waals surface area contributed by atoms with E-state index in [2.05, 4.69) is 16.9 Å². The number of hydrogen-bond donors (Lipinski definition) is 0. The first-order chi connectivity index (χ1) is 10.8. The molecule has 1 aromatic heterocycles.